The molecule has 2 unspecified atom stereocenters. The third-order valence-electron chi connectivity index (χ3n) is 5.78. The van der Waals surface area contributed by atoms with Gasteiger partial charge >= 0.3 is 6.03 Å². The molecule has 4 rings (SSSR count). The van der Waals surface area contributed by atoms with Crippen LogP contribution in [0, 0.1) is 11.7 Å². The Morgan fingerprint density at radius 1 is 1.18 bits per heavy atom. The Labute approximate surface area is 162 Å². The van der Waals surface area contributed by atoms with E-state index in [1.165, 1.54) is 18.3 Å². The topological polar surface area (TPSA) is 88.3 Å². The van der Waals surface area contributed by atoms with Crippen molar-refractivity contribution < 1.29 is 14.0 Å². The second-order valence-electron chi connectivity index (χ2n) is 7.62. The van der Waals surface area contributed by atoms with Gasteiger partial charge in [0.05, 0.1) is 11.3 Å². The third kappa shape index (κ3) is 3.69. The first-order chi connectivity index (χ1) is 13.5. The number of aromatic nitrogens is 1. The predicted molar refractivity (Wildman–Crippen MR) is 103 cm³/mol. The fourth-order valence-corrected chi connectivity index (χ4v) is 4.50. The molecule has 146 valence electrons. The normalized spacial score (nSPS) is 23.5. The standard InChI is InChI=1S/C21H23FN4O2/c22-16-3-1-2-14(10-16)19-7-4-15(12-24-19)20(27)25-11-13-8-17-5-6-18(9-13)26(17)21(23)28/h1-4,7,10,12-13,17-18H,5-6,8-9,11H2,(H2,23,28)(H,25,27). The van der Waals surface area contributed by atoms with E-state index in [1.807, 2.05) is 4.90 Å². The van der Waals surface area contributed by atoms with Gasteiger partial charge in [-0.15, -0.1) is 0 Å². The summed E-state index contributed by atoms with van der Waals surface area (Å²) in [7, 11) is 0. The molecule has 0 aliphatic carbocycles. The number of piperidine rings is 1. The van der Waals surface area contributed by atoms with Gasteiger partial charge < -0.3 is 16.0 Å². The molecule has 2 bridgehead atoms. The quantitative estimate of drug-likeness (QED) is 0.852. The maximum absolute atomic E-state index is 13.3. The summed E-state index contributed by atoms with van der Waals surface area (Å²) in [6.07, 6.45) is 5.23. The highest BCUT2D eigenvalue weighted by Crippen LogP contribution is 2.38. The Balaban J connectivity index is 1.34. The van der Waals surface area contributed by atoms with Crippen LogP contribution in [0.4, 0.5) is 9.18 Å². The van der Waals surface area contributed by atoms with Crippen molar-refractivity contribution in [3.63, 3.8) is 0 Å². The van der Waals surface area contributed by atoms with Crippen molar-refractivity contribution in [2.45, 2.75) is 37.8 Å². The highest BCUT2D eigenvalue weighted by atomic mass is 19.1. The van der Waals surface area contributed by atoms with Gasteiger partial charge in [0.2, 0.25) is 0 Å². The van der Waals surface area contributed by atoms with Crippen LogP contribution in [0.1, 0.15) is 36.0 Å². The SMILES string of the molecule is NC(=O)N1C2CCC1CC(CNC(=O)c1ccc(-c3cccc(F)c3)nc1)C2. The fraction of sp³-hybridized carbons (Fsp3) is 0.381. The van der Waals surface area contributed by atoms with Crippen LogP contribution in [0.15, 0.2) is 42.6 Å². The van der Waals surface area contributed by atoms with Crippen LogP contribution in [0.2, 0.25) is 0 Å². The van der Waals surface area contributed by atoms with Gasteiger partial charge in [0.25, 0.3) is 5.91 Å². The lowest BCUT2D eigenvalue weighted by molar-refractivity contribution is 0.0918. The number of carbonyl (C=O) groups excluding carboxylic acids is 2. The summed E-state index contributed by atoms with van der Waals surface area (Å²) in [6, 6.07) is 9.68. The Morgan fingerprint density at radius 2 is 1.93 bits per heavy atom. The molecule has 2 fully saturated rings. The molecule has 1 aromatic carbocycles. The van der Waals surface area contributed by atoms with E-state index in [0.717, 1.165) is 25.7 Å². The van der Waals surface area contributed by atoms with Crippen molar-refractivity contribution in [2.24, 2.45) is 11.7 Å². The van der Waals surface area contributed by atoms with Gasteiger partial charge in [0.15, 0.2) is 0 Å². The number of benzene rings is 1. The molecule has 3 heterocycles. The van der Waals surface area contributed by atoms with E-state index in [1.54, 1.807) is 24.3 Å². The number of urea groups is 1. The predicted octanol–water partition coefficient (Wildman–Crippen LogP) is 2.94. The Hall–Kier alpha value is -2.96. The minimum absolute atomic E-state index is 0.178. The lowest BCUT2D eigenvalue weighted by Crippen LogP contribution is -2.50. The van der Waals surface area contributed by atoms with Crippen LogP contribution in [-0.4, -0.2) is 40.5 Å². The van der Waals surface area contributed by atoms with Crippen LogP contribution in [-0.2, 0) is 0 Å². The molecule has 28 heavy (non-hydrogen) atoms. The van der Waals surface area contributed by atoms with Gasteiger partial charge in [0.1, 0.15) is 5.82 Å². The molecule has 0 spiro atoms. The number of hydrogen-bond donors (Lipinski definition) is 2. The van der Waals surface area contributed by atoms with Crippen molar-refractivity contribution in [1.29, 1.82) is 0 Å². The number of nitrogens with zero attached hydrogens (tertiary/aromatic N) is 2. The summed E-state index contributed by atoms with van der Waals surface area (Å²) >= 11 is 0. The van der Waals surface area contributed by atoms with Crippen LogP contribution >= 0.6 is 0 Å². The molecule has 3 amide bonds. The summed E-state index contributed by atoms with van der Waals surface area (Å²) in [4.78, 5) is 30.1. The molecule has 7 heteroatoms. The van der Waals surface area contributed by atoms with Crippen molar-refractivity contribution in [2.75, 3.05) is 6.54 Å². The van der Waals surface area contributed by atoms with E-state index in [9.17, 15) is 14.0 Å². The zero-order chi connectivity index (χ0) is 19.7. The Morgan fingerprint density at radius 3 is 2.54 bits per heavy atom. The zero-order valence-electron chi connectivity index (χ0n) is 15.5. The molecule has 3 N–H and O–H groups in total. The van der Waals surface area contributed by atoms with E-state index >= 15 is 0 Å². The number of fused-ring (bicyclic) bond motifs is 2. The van der Waals surface area contributed by atoms with Gasteiger partial charge in [-0.1, -0.05) is 12.1 Å². The van der Waals surface area contributed by atoms with Crippen LogP contribution in [0.25, 0.3) is 11.3 Å². The van der Waals surface area contributed by atoms with Crippen LogP contribution in [0.5, 0.6) is 0 Å². The van der Waals surface area contributed by atoms with Gasteiger partial charge in [0, 0.05) is 30.4 Å². The summed E-state index contributed by atoms with van der Waals surface area (Å²) in [5.74, 6) is -0.156. The lowest BCUT2D eigenvalue weighted by atomic mass is 9.91. The number of carbonyl (C=O) groups is 2. The molecule has 2 atom stereocenters. The summed E-state index contributed by atoms with van der Waals surface area (Å²) in [5.41, 5.74) is 7.24. The second-order valence-corrected chi connectivity index (χ2v) is 7.62. The molecule has 2 aliphatic rings. The van der Waals surface area contributed by atoms with Crippen LogP contribution < -0.4 is 11.1 Å². The number of pyridine rings is 1. The first kappa shape index (κ1) is 18.4. The average Bonchev–Trinajstić information content (AvgIpc) is 2.97. The maximum Gasteiger partial charge on any atom is 0.315 e. The largest absolute Gasteiger partial charge is 0.352 e. The van der Waals surface area contributed by atoms with Gasteiger partial charge in [-0.3, -0.25) is 9.78 Å². The smallest absolute Gasteiger partial charge is 0.315 e. The second kappa shape index (κ2) is 7.58. The molecule has 2 aliphatic heterocycles. The Kier molecular flexibility index (Phi) is 4.98. The van der Waals surface area contributed by atoms with Crippen molar-refractivity contribution in [3.05, 3.63) is 54.0 Å². The fourth-order valence-electron chi connectivity index (χ4n) is 4.50. The molecule has 0 radical (unpaired) electrons. The van der Waals surface area contributed by atoms with E-state index in [4.69, 9.17) is 5.73 Å². The highest BCUT2D eigenvalue weighted by Gasteiger charge is 2.42. The minimum atomic E-state index is -0.334. The molecule has 2 saturated heterocycles. The van der Waals surface area contributed by atoms with Crippen LogP contribution in [0.3, 0.4) is 0 Å². The van der Waals surface area contributed by atoms with Gasteiger partial charge in [-0.2, -0.15) is 0 Å². The lowest BCUT2D eigenvalue weighted by Gasteiger charge is -2.37. The first-order valence-electron chi connectivity index (χ1n) is 9.59. The number of nitrogens with one attached hydrogen (secondary N) is 1. The summed E-state index contributed by atoms with van der Waals surface area (Å²) in [6.45, 7) is 0.573. The van der Waals surface area contributed by atoms with Gasteiger partial charge in [-0.25, -0.2) is 9.18 Å². The minimum Gasteiger partial charge on any atom is -0.352 e. The number of halogens is 1. The van der Waals surface area contributed by atoms with Crippen molar-refractivity contribution in [3.8, 4) is 11.3 Å². The van der Waals surface area contributed by atoms with E-state index in [-0.39, 0.29) is 29.8 Å². The zero-order valence-corrected chi connectivity index (χ0v) is 15.5. The molecular formula is C21H23FN4O2. The number of rotatable bonds is 4. The molecular weight excluding hydrogens is 359 g/mol. The summed E-state index contributed by atoms with van der Waals surface area (Å²) in [5, 5.41) is 2.98. The first-order valence-corrected chi connectivity index (χ1v) is 9.59. The van der Waals surface area contributed by atoms with Gasteiger partial charge in [-0.05, 0) is 55.9 Å². The average molecular weight is 382 g/mol. The molecule has 6 nitrogen and oxygen atoms in total. The van der Waals surface area contributed by atoms with E-state index < -0.39 is 0 Å². The number of hydrogen-bond acceptors (Lipinski definition) is 3. The molecule has 0 saturated carbocycles. The molecule has 1 aromatic heterocycles. The van der Waals surface area contributed by atoms with Crippen molar-refractivity contribution in [1.82, 2.24) is 15.2 Å². The third-order valence-corrected chi connectivity index (χ3v) is 5.78. The van der Waals surface area contributed by atoms with E-state index in [0.29, 0.717) is 29.3 Å². The monoisotopic (exact) mass is 382 g/mol. The Bertz CT molecular complexity index is 872. The number of amides is 3. The summed E-state index contributed by atoms with van der Waals surface area (Å²) < 4.78 is 13.3. The molecule has 2 aromatic rings. The number of nitrogens with two attached hydrogens (primary N) is 1. The highest BCUT2D eigenvalue weighted by molar-refractivity contribution is 5.94. The maximum atomic E-state index is 13.3. The van der Waals surface area contributed by atoms with Crippen molar-refractivity contribution >= 4 is 11.9 Å². The van der Waals surface area contributed by atoms with E-state index in [2.05, 4.69) is 10.3 Å². The number of primary amides is 1.